The lowest BCUT2D eigenvalue weighted by molar-refractivity contribution is 0.238. The van der Waals surface area contributed by atoms with Crippen molar-refractivity contribution >= 4 is 0 Å². The zero-order valence-corrected chi connectivity index (χ0v) is 15.5. The highest BCUT2D eigenvalue weighted by molar-refractivity contribution is 5.38. The number of methoxy groups -OCH3 is 1. The van der Waals surface area contributed by atoms with Gasteiger partial charge in [0.15, 0.2) is 0 Å². The molecule has 4 rings (SSSR count). The molecule has 1 aliphatic heterocycles. The summed E-state index contributed by atoms with van der Waals surface area (Å²) in [4.78, 5) is 7.09. The van der Waals surface area contributed by atoms with Crippen LogP contribution in [0.5, 0.6) is 5.75 Å². The highest BCUT2D eigenvalue weighted by Gasteiger charge is 2.31. The molecule has 1 aliphatic rings. The molecule has 1 atom stereocenters. The molecule has 0 amide bonds. The van der Waals surface area contributed by atoms with Gasteiger partial charge in [0.1, 0.15) is 17.3 Å². The zero-order valence-electron chi connectivity index (χ0n) is 15.5. The van der Waals surface area contributed by atoms with Crippen LogP contribution in [0.4, 0.5) is 0 Å². The van der Waals surface area contributed by atoms with Crippen molar-refractivity contribution in [3.05, 3.63) is 59.5 Å². The first-order valence-corrected chi connectivity index (χ1v) is 9.01. The Balaban J connectivity index is 1.59. The summed E-state index contributed by atoms with van der Waals surface area (Å²) in [6.07, 6.45) is 6.18. The standard InChI is InChI=1S/C20H24N4O2/c1-14-20(15(2)26-22-14)18-5-4-11-23(18)13-19-21-10-12-24(19)16-6-8-17(25-3)9-7-16/h6-10,12,18H,4-5,11,13H2,1-3H3/t18-/m1/s1. The van der Waals surface area contributed by atoms with Gasteiger partial charge in [0.05, 0.1) is 19.3 Å². The Kier molecular flexibility index (Phi) is 4.51. The van der Waals surface area contributed by atoms with Crippen LogP contribution in [0.25, 0.3) is 5.69 Å². The summed E-state index contributed by atoms with van der Waals surface area (Å²) in [6, 6.07) is 8.41. The van der Waals surface area contributed by atoms with Gasteiger partial charge in [-0.2, -0.15) is 0 Å². The summed E-state index contributed by atoms with van der Waals surface area (Å²) in [5, 5.41) is 4.14. The molecule has 0 spiro atoms. The van der Waals surface area contributed by atoms with Crippen molar-refractivity contribution < 1.29 is 9.26 Å². The molecule has 1 fully saturated rings. The maximum absolute atomic E-state index is 5.40. The lowest BCUT2D eigenvalue weighted by Gasteiger charge is -2.24. The lowest BCUT2D eigenvalue weighted by Crippen LogP contribution is -2.25. The van der Waals surface area contributed by atoms with E-state index in [2.05, 4.69) is 31.7 Å². The molecule has 0 saturated carbocycles. The van der Waals surface area contributed by atoms with Crippen molar-refractivity contribution in [3.8, 4) is 11.4 Å². The molecular weight excluding hydrogens is 328 g/mol. The Bertz CT molecular complexity index is 862. The smallest absolute Gasteiger partial charge is 0.138 e. The molecular formula is C20H24N4O2. The van der Waals surface area contributed by atoms with Gasteiger partial charge in [-0.1, -0.05) is 5.16 Å². The fourth-order valence-electron chi connectivity index (χ4n) is 3.92. The molecule has 6 heteroatoms. The molecule has 0 aliphatic carbocycles. The molecule has 136 valence electrons. The lowest BCUT2D eigenvalue weighted by atomic mass is 10.0. The van der Waals surface area contributed by atoms with Crippen LogP contribution in [0.2, 0.25) is 0 Å². The molecule has 6 nitrogen and oxygen atoms in total. The largest absolute Gasteiger partial charge is 0.497 e. The van der Waals surface area contributed by atoms with Crippen molar-refractivity contribution in [2.75, 3.05) is 13.7 Å². The number of likely N-dealkylation sites (tertiary alicyclic amines) is 1. The number of imidazole rings is 1. The van der Waals surface area contributed by atoms with E-state index < -0.39 is 0 Å². The number of benzene rings is 1. The minimum Gasteiger partial charge on any atom is -0.497 e. The molecule has 3 heterocycles. The number of rotatable bonds is 5. The van der Waals surface area contributed by atoms with Gasteiger partial charge in [-0.15, -0.1) is 0 Å². The van der Waals surface area contributed by atoms with Gasteiger partial charge in [-0.25, -0.2) is 4.98 Å². The molecule has 26 heavy (non-hydrogen) atoms. The monoisotopic (exact) mass is 352 g/mol. The summed E-state index contributed by atoms with van der Waals surface area (Å²) < 4.78 is 12.8. The molecule has 3 aromatic rings. The summed E-state index contributed by atoms with van der Waals surface area (Å²) in [5.41, 5.74) is 3.33. The van der Waals surface area contributed by atoms with Crippen LogP contribution in [-0.4, -0.2) is 33.3 Å². The molecule has 2 aromatic heterocycles. The molecule has 0 N–H and O–H groups in total. The number of aromatic nitrogens is 3. The molecule has 0 unspecified atom stereocenters. The Hall–Kier alpha value is -2.60. The van der Waals surface area contributed by atoms with Gasteiger partial charge in [0, 0.05) is 29.7 Å². The van der Waals surface area contributed by atoms with Gasteiger partial charge >= 0.3 is 0 Å². The number of hydrogen-bond donors (Lipinski definition) is 0. The van der Waals surface area contributed by atoms with Crippen LogP contribution in [0.15, 0.2) is 41.2 Å². The van der Waals surface area contributed by atoms with E-state index in [1.807, 2.05) is 38.4 Å². The minimum atomic E-state index is 0.349. The molecule has 0 radical (unpaired) electrons. The normalized spacial score (nSPS) is 17.7. The minimum absolute atomic E-state index is 0.349. The van der Waals surface area contributed by atoms with Gasteiger partial charge in [-0.05, 0) is 57.5 Å². The predicted molar refractivity (Wildman–Crippen MR) is 98.5 cm³/mol. The summed E-state index contributed by atoms with van der Waals surface area (Å²) in [7, 11) is 1.68. The van der Waals surface area contributed by atoms with Crippen LogP contribution < -0.4 is 4.74 Å². The Morgan fingerprint density at radius 1 is 1.23 bits per heavy atom. The van der Waals surface area contributed by atoms with E-state index in [1.54, 1.807) is 7.11 Å². The average molecular weight is 352 g/mol. The van der Waals surface area contributed by atoms with Gasteiger partial charge in [0.25, 0.3) is 0 Å². The Morgan fingerprint density at radius 2 is 2.04 bits per heavy atom. The van der Waals surface area contributed by atoms with E-state index in [0.29, 0.717) is 6.04 Å². The van der Waals surface area contributed by atoms with E-state index in [-0.39, 0.29) is 0 Å². The van der Waals surface area contributed by atoms with Crippen molar-refractivity contribution in [1.29, 1.82) is 0 Å². The van der Waals surface area contributed by atoms with Gasteiger partial charge < -0.3 is 13.8 Å². The second-order valence-corrected chi connectivity index (χ2v) is 6.78. The highest BCUT2D eigenvalue weighted by atomic mass is 16.5. The maximum atomic E-state index is 5.40. The third-order valence-corrected chi connectivity index (χ3v) is 5.20. The van der Waals surface area contributed by atoms with Crippen molar-refractivity contribution in [2.24, 2.45) is 0 Å². The topological polar surface area (TPSA) is 56.3 Å². The number of nitrogens with zero attached hydrogens (tertiary/aromatic N) is 4. The van der Waals surface area contributed by atoms with E-state index in [0.717, 1.165) is 48.2 Å². The molecule has 1 aromatic carbocycles. The summed E-state index contributed by atoms with van der Waals surface area (Å²) >= 11 is 0. The first-order valence-electron chi connectivity index (χ1n) is 9.01. The zero-order chi connectivity index (χ0) is 18.1. The van der Waals surface area contributed by atoms with E-state index in [9.17, 15) is 0 Å². The van der Waals surface area contributed by atoms with Crippen LogP contribution >= 0.6 is 0 Å². The van der Waals surface area contributed by atoms with Crippen LogP contribution in [-0.2, 0) is 6.54 Å². The third-order valence-electron chi connectivity index (χ3n) is 5.20. The molecule has 0 bridgehead atoms. The summed E-state index contributed by atoms with van der Waals surface area (Å²) in [5.74, 6) is 2.82. The fraction of sp³-hybridized carbons (Fsp3) is 0.400. The second-order valence-electron chi connectivity index (χ2n) is 6.78. The van der Waals surface area contributed by atoms with E-state index in [1.165, 1.54) is 12.0 Å². The van der Waals surface area contributed by atoms with Crippen LogP contribution in [0.1, 0.15) is 41.7 Å². The maximum Gasteiger partial charge on any atom is 0.138 e. The first kappa shape index (κ1) is 16.8. The fourth-order valence-corrected chi connectivity index (χ4v) is 3.92. The second kappa shape index (κ2) is 6.96. The van der Waals surface area contributed by atoms with Gasteiger partial charge in [0.2, 0.25) is 0 Å². The quantitative estimate of drug-likeness (QED) is 0.699. The van der Waals surface area contributed by atoms with Crippen molar-refractivity contribution in [2.45, 2.75) is 39.3 Å². The van der Waals surface area contributed by atoms with Crippen LogP contribution in [0, 0.1) is 13.8 Å². The predicted octanol–water partition coefficient (Wildman–Crippen LogP) is 3.82. The Morgan fingerprint density at radius 3 is 2.73 bits per heavy atom. The third kappa shape index (κ3) is 3.01. The average Bonchev–Trinajstić information content (AvgIpc) is 3.37. The number of ether oxygens (including phenoxy) is 1. The number of hydrogen-bond acceptors (Lipinski definition) is 5. The summed E-state index contributed by atoms with van der Waals surface area (Å²) in [6.45, 7) is 5.89. The molecule has 1 saturated heterocycles. The SMILES string of the molecule is COc1ccc(-n2ccnc2CN2CCC[C@@H]2c2c(C)noc2C)cc1. The number of aryl methyl sites for hydroxylation is 2. The van der Waals surface area contributed by atoms with Gasteiger partial charge in [-0.3, -0.25) is 4.90 Å². The van der Waals surface area contributed by atoms with Crippen molar-refractivity contribution in [1.82, 2.24) is 19.6 Å². The Labute approximate surface area is 153 Å². The first-order chi connectivity index (χ1) is 12.7. The van der Waals surface area contributed by atoms with E-state index in [4.69, 9.17) is 9.26 Å². The highest BCUT2D eigenvalue weighted by Crippen LogP contribution is 2.36. The van der Waals surface area contributed by atoms with Crippen LogP contribution in [0.3, 0.4) is 0 Å². The van der Waals surface area contributed by atoms with E-state index >= 15 is 0 Å². The van der Waals surface area contributed by atoms with Crippen molar-refractivity contribution in [3.63, 3.8) is 0 Å².